The summed E-state index contributed by atoms with van der Waals surface area (Å²) in [7, 11) is 0. The molecular weight excluding hydrogens is 310 g/mol. The minimum absolute atomic E-state index is 0.0990. The van der Waals surface area contributed by atoms with Crippen molar-refractivity contribution in [3.05, 3.63) is 45.4 Å². The van der Waals surface area contributed by atoms with Crippen molar-refractivity contribution in [1.82, 2.24) is 10.3 Å². The van der Waals surface area contributed by atoms with Gasteiger partial charge in [0.05, 0.1) is 11.7 Å². The Bertz CT molecular complexity index is 633. The van der Waals surface area contributed by atoms with E-state index in [-0.39, 0.29) is 12.6 Å². The molecule has 1 amide bonds. The van der Waals surface area contributed by atoms with E-state index in [9.17, 15) is 4.79 Å². The van der Waals surface area contributed by atoms with Crippen LogP contribution >= 0.6 is 11.3 Å². The normalized spacial score (nSPS) is 12.1. The lowest BCUT2D eigenvalue weighted by Gasteiger charge is -2.14. The maximum absolute atomic E-state index is 10.7. The Balaban J connectivity index is 1.92. The maximum atomic E-state index is 10.7. The number of carbonyl (C=O) groups is 1. The highest BCUT2D eigenvalue weighted by atomic mass is 32.1. The first kappa shape index (κ1) is 17.4. The van der Waals surface area contributed by atoms with Gasteiger partial charge in [-0.3, -0.25) is 4.79 Å². The molecule has 1 unspecified atom stereocenters. The molecule has 0 saturated carbocycles. The van der Waals surface area contributed by atoms with Gasteiger partial charge in [-0.25, -0.2) is 4.98 Å². The fraction of sp³-hybridized carbons (Fsp3) is 0.412. The Morgan fingerprint density at radius 1 is 1.35 bits per heavy atom. The summed E-state index contributed by atoms with van der Waals surface area (Å²) in [6, 6.07) is 7.91. The van der Waals surface area contributed by atoms with E-state index >= 15 is 0 Å². The van der Waals surface area contributed by atoms with Crippen molar-refractivity contribution in [3.8, 4) is 5.75 Å². The summed E-state index contributed by atoms with van der Waals surface area (Å²) in [5.41, 5.74) is 7.32. The van der Waals surface area contributed by atoms with Crippen LogP contribution in [0.25, 0.3) is 0 Å². The Morgan fingerprint density at radius 2 is 2.04 bits per heavy atom. The number of aryl methyl sites for hydroxylation is 2. The van der Waals surface area contributed by atoms with Crippen LogP contribution in [0.1, 0.15) is 40.5 Å². The zero-order valence-corrected chi connectivity index (χ0v) is 14.6. The zero-order valence-electron chi connectivity index (χ0n) is 13.8. The highest BCUT2D eigenvalue weighted by Crippen LogP contribution is 2.25. The smallest absolute Gasteiger partial charge is 0.255 e. The van der Waals surface area contributed by atoms with Crippen molar-refractivity contribution >= 4 is 17.2 Å². The molecule has 1 aromatic heterocycles. The van der Waals surface area contributed by atoms with E-state index in [4.69, 9.17) is 10.5 Å². The van der Waals surface area contributed by atoms with Crippen molar-refractivity contribution < 1.29 is 9.53 Å². The molecule has 2 aromatic rings. The van der Waals surface area contributed by atoms with E-state index in [1.54, 1.807) is 11.3 Å². The highest BCUT2D eigenvalue weighted by molar-refractivity contribution is 7.11. The molecule has 2 rings (SSSR count). The summed E-state index contributed by atoms with van der Waals surface area (Å²) in [5.74, 6) is 0.168. The number of benzene rings is 1. The second-order valence-electron chi connectivity index (χ2n) is 5.43. The number of hydrogen-bond acceptors (Lipinski definition) is 5. The Kier molecular flexibility index (Phi) is 6.12. The van der Waals surface area contributed by atoms with E-state index in [0.717, 1.165) is 29.2 Å². The summed E-state index contributed by atoms with van der Waals surface area (Å²) in [6.45, 7) is 6.97. The number of nitrogens with zero attached hydrogens (tertiary/aromatic N) is 1. The molecule has 6 heteroatoms. The fourth-order valence-corrected chi connectivity index (χ4v) is 3.23. The van der Waals surface area contributed by atoms with Crippen LogP contribution in [0.3, 0.4) is 0 Å². The molecule has 0 aliphatic carbocycles. The standard InChI is InChI=1S/C17H23N3O2S/c1-4-15(17-20-11(2)12(3)23-17)19-9-13-5-7-14(8-6-13)22-10-16(18)21/h5-8,15,19H,4,9-10H2,1-3H3,(H2,18,21). The van der Waals surface area contributed by atoms with E-state index in [1.807, 2.05) is 31.2 Å². The van der Waals surface area contributed by atoms with Crippen LogP contribution in [0.15, 0.2) is 24.3 Å². The van der Waals surface area contributed by atoms with Crippen LogP contribution < -0.4 is 15.8 Å². The molecule has 0 saturated heterocycles. The van der Waals surface area contributed by atoms with E-state index in [1.165, 1.54) is 4.88 Å². The molecule has 0 aliphatic rings. The van der Waals surface area contributed by atoms with E-state index < -0.39 is 5.91 Å². The van der Waals surface area contributed by atoms with Crippen molar-refractivity contribution in [1.29, 1.82) is 0 Å². The SMILES string of the molecule is CCC(NCc1ccc(OCC(N)=O)cc1)c1nc(C)c(C)s1. The van der Waals surface area contributed by atoms with Crippen molar-refractivity contribution in [2.24, 2.45) is 5.73 Å². The number of nitrogens with one attached hydrogen (secondary N) is 1. The summed E-state index contributed by atoms with van der Waals surface area (Å²) in [4.78, 5) is 16.6. The number of nitrogens with two attached hydrogens (primary N) is 1. The van der Waals surface area contributed by atoms with Gasteiger partial charge in [0, 0.05) is 11.4 Å². The average Bonchev–Trinajstić information content (AvgIpc) is 2.86. The van der Waals surface area contributed by atoms with Gasteiger partial charge in [-0.05, 0) is 38.0 Å². The third kappa shape index (κ3) is 5.04. The molecular formula is C17H23N3O2S. The average molecular weight is 333 g/mol. The monoisotopic (exact) mass is 333 g/mol. The van der Waals surface area contributed by atoms with Crippen LogP contribution in [-0.4, -0.2) is 17.5 Å². The first-order valence-corrected chi connectivity index (χ1v) is 8.48. The summed E-state index contributed by atoms with van der Waals surface area (Å²) in [5, 5.41) is 4.69. The van der Waals surface area contributed by atoms with E-state index in [0.29, 0.717) is 5.75 Å². The quantitative estimate of drug-likeness (QED) is 0.779. The molecule has 0 radical (unpaired) electrons. The van der Waals surface area contributed by atoms with Crippen LogP contribution in [0.2, 0.25) is 0 Å². The van der Waals surface area contributed by atoms with Gasteiger partial charge in [0.15, 0.2) is 6.61 Å². The van der Waals surface area contributed by atoms with Crippen molar-refractivity contribution in [3.63, 3.8) is 0 Å². The minimum Gasteiger partial charge on any atom is -0.484 e. The van der Waals surface area contributed by atoms with Crippen LogP contribution in [0, 0.1) is 13.8 Å². The van der Waals surface area contributed by atoms with Crippen LogP contribution in [0.5, 0.6) is 5.75 Å². The first-order chi connectivity index (χ1) is 11.0. The molecule has 0 fully saturated rings. The number of hydrogen-bond donors (Lipinski definition) is 2. The first-order valence-electron chi connectivity index (χ1n) is 7.67. The van der Waals surface area contributed by atoms with Crippen LogP contribution in [0.4, 0.5) is 0 Å². The zero-order chi connectivity index (χ0) is 16.8. The number of amides is 1. The Labute approximate surface area is 140 Å². The molecule has 23 heavy (non-hydrogen) atoms. The summed E-state index contributed by atoms with van der Waals surface area (Å²) >= 11 is 1.76. The summed E-state index contributed by atoms with van der Waals surface area (Å²) in [6.07, 6.45) is 0.992. The van der Waals surface area contributed by atoms with Gasteiger partial charge in [0.1, 0.15) is 10.8 Å². The Morgan fingerprint density at radius 3 is 2.57 bits per heavy atom. The molecule has 1 atom stereocenters. The number of ether oxygens (including phenoxy) is 1. The van der Waals surface area contributed by atoms with Gasteiger partial charge < -0.3 is 15.8 Å². The Hall–Kier alpha value is -1.92. The minimum atomic E-state index is -0.476. The molecule has 5 nitrogen and oxygen atoms in total. The molecule has 0 spiro atoms. The number of primary amides is 1. The lowest BCUT2D eigenvalue weighted by Crippen LogP contribution is -2.20. The molecule has 124 valence electrons. The van der Waals surface area contributed by atoms with Gasteiger partial charge in [-0.1, -0.05) is 19.1 Å². The second-order valence-corrected chi connectivity index (χ2v) is 6.67. The largest absolute Gasteiger partial charge is 0.484 e. The predicted octanol–water partition coefficient (Wildman–Crippen LogP) is 2.86. The van der Waals surface area contributed by atoms with Crippen molar-refractivity contribution in [2.75, 3.05) is 6.61 Å². The third-order valence-electron chi connectivity index (χ3n) is 3.61. The predicted molar refractivity (Wildman–Crippen MR) is 92.6 cm³/mol. The second kappa shape index (κ2) is 8.08. The fourth-order valence-electron chi connectivity index (χ4n) is 2.15. The van der Waals surface area contributed by atoms with Gasteiger partial charge in [0.2, 0.25) is 0 Å². The molecule has 3 N–H and O–H groups in total. The lowest BCUT2D eigenvalue weighted by molar-refractivity contribution is -0.119. The van der Waals surface area contributed by atoms with Gasteiger partial charge >= 0.3 is 0 Å². The third-order valence-corrected chi connectivity index (χ3v) is 4.79. The molecule has 1 aromatic carbocycles. The van der Waals surface area contributed by atoms with Gasteiger partial charge in [-0.2, -0.15) is 0 Å². The number of aromatic nitrogens is 1. The van der Waals surface area contributed by atoms with E-state index in [2.05, 4.69) is 24.1 Å². The molecule has 1 heterocycles. The number of carbonyl (C=O) groups excluding carboxylic acids is 1. The van der Waals surface area contributed by atoms with Crippen molar-refractivity contribution in [2.45, 2.75) is 39.8 Å². The maximum Gasteiger partial charge on any atom is 0.255 e. The van der Waals surface area contributed by atoms with Gasteiger partial charge in [0.25, 0.3) is 5.91 Å². The topological polar surface area (TPSA) is 77.2 Å². The summed E-state index contributed by atoms with van der Waals surface area (Å²) < 4.78 is 5.25. The lowest BCUT2D eigenvalue weighted by atomic mass is 10.2. The van der Waals surface area contributed by atoms with Crippen LogP contribution in [-0.2, 0) is 11.3 Å². The number of rotatable bonds is 8. The molecule has 0 bridgehead atoms. The molecule has 0 aliphatic heterocycles. The number of thiazole rings is 1. The van der Waals surface area contributed by atoms with Gasteiger partial charge in [-0.15, -0.1) is 11.3 Å². The highest BCUT2D eigenvalue weighted by Gasteiger charge is 2.14.